The Morgan fingerprint density at radius 2 is 1.52 bits per heavy atom. The van der Waals surface area contributed by atoms with Crippen LogP contribution in [0.3, 0.4) is 0 Å². The van der Waals surface area contributed by atoms with Gasteiger partial charge in [-0.05, 0) is 79.6 Å². The topological polar surface area (TPSA) is 43.4 Å². The van der Waals surface area contributed by atoms with Crippen molar-refractivity contribution in [2.75, 3.05) is 0 Å². The van der Waals surface area contributed by atoms with Crippen LogP contribution in [0.15, 0.2) is 30.3 Å². The molecule has 0 N–H and O–H groups in total. The van der Waals surface area contributed by atoms with Gasteiger partial charge in [0.15, 0.2) is 11.6 Å². The van der Waals surface area contributed by atoms with E-state index in [-0.39, 0.29) is 11.6 Å². The molecular formula is C22H20Cl2O3. The molecule has 0 aromatic heterocycles. The van der Waals surface area contributed by atoms with Crippen LogP contribution in [0.4, 0.5) is 0 Å². The van der Waals surface area contributed by atoms with E-state index in [2.05, 4.69) is 0 Å². The number of benzene rings is 2. The van der Waals surface area contributed by atoms with Crippen molar-refractivity contribution >= 4 is 34.8 Å². The molecule has 4 rings (SSSR count). The number of rotatable bonds is 2. The van der Waals surface area contributed by atoms with Crippen LogP contribution < -0.4 is 0 Å². The summed E-state index contributed by atoms with van der Waals surface area (Å²) in [5, 5.41) is 1.13. The zero-order valence-electron chi connectivity index (χ0n) is 15.4. The van der Waals surface area contributed by atoms with Gasteiger partial charge in [0.2, 0.25) is 0 Å². The van der Waals surface area contributed by atoms with E-state index >= 15 is 0 Å². The zero-order valence-corrected chi connectivity index (χ0v) is 16.9. The molecule has 2 saturated heterocycles. The van der Waals surface area contributed by atoms with E-state index in [9.17, 15) is 9.59 Å². The Morgan fingerprint density at radius 1 is 0.963 bits per heavy atom. The van der Waals surface area contributed by atoms with E-state index in [1.165, 1.54) is 0 Å². The number of carbonyl (C=O) groups is 2. The van der Waals surface area contributed by atoms with Crippen LogP contribution in [0.5, 0.6) is 0 Å². The molecule has 1 unspecified atom stereocenters. The molecule has 0 radical (unpaired) electrons. The summed E-state index contributed by atoms with van der Waals surface area (Å²) >= 11 is 12.3. The number of fused-ring (bicyclic) bond motifs is 2. The Morgan fingerprint density at radius 3 is 2.11 bits per heavy atom. The summed E-state index contributed by atoms with van der Waals surface area (Å²) in [6.45, 7) is 5.69. The number of carbonyl (C=O) groups excluding carboxylic acids is 2. The van der Waals surface area contributed by atoms with Crippen LogP contribution in [-0.4, -0.2) is 23.3 Å². The smallest absolute Gasteiger partial charge is 0.179 e. The van der Waals surface area contributed by atoms with Gasteiger partial charge in [0.25, 0.3) is 0 Å². The van der Waals surface area contributed by atoms with Crippen molar-refractivity contribution < 1.29 is 14.3 Å². The minimum atomic E-state index is -0.846. The molecule has 2 aromatic rings. The van der Waals surface area contributed by atoms with Crippen LogP contribution in [0, 0.1) is 13.8 Å². The Bertz CT molecular complexity index is 938. The molecule has 0 amide bonds. The summed E-state index contributed by atoms with van der Waals surface area (Å²) < 4.78 is 5.73. The number of ketones is 2. The lowest BCUT2D eigenvalue weighted by atomic mass is 9.77. The van der Waals surface area contributed by atoms with Gasteiger partial charge in [0.05, 0.1) is 0 Å². The molecule has 0 saturated carbocycles. The third kappa shape index (κ3) is 3.02. The Balaban J connectivity index is 1.81. The number of halogens is 2. The predicted molar refractivity (Wildman–Crippen MR) is 107 cm³/mol. The summed E-state index contributed by atoms with van der Waals surface area (Å²) in [5.41, 5.74) is 3.65. The first-order valence-corrected chi connectivity index (χ1v) is 9.79. The van der Waals surface area contributed by atoms with Gasteiger partial charge in [-0.15, -0.1) is 0 Å². The van der Waals surface area contributed by atoms with Gasteiger partial charge < -0.3 is 4.74 Å². The number of ether oxygens (including phenoxy) is 1. The maximum Gasteiger partial charge on any atom is 0.179 e. The molecule has 0 spiro atoms. The van der Waals surface area contributed by atoms with Gasteiger partial charge in [0.1, 0.15) is 17.6 Å². The lowest BCUT2D eigenvalue weighted by Crippen LogP contribution is -2.49. The lowest BCUT2D eigenvalue weighted by Gasteiger charge is -2.34. The highest BCUT2D eigenvalue weighted by molar-refractivity contribution is 6.35. The second-order valence-corrected chi connectivity index (χ2v) is 8.63. The molecule has 2 aliphatic heterocycles. The number of aryl methyl sites for hydroxylation is 2. The molecule has 140 valence electrons. The van der Waals surface area contributed by atoms with E-state index in [1.54, 1.807) is 6.07 Å². The molecule has 2 aliphatic rings. The fraction of sp³-hybridized carbons (Fsp3) is 0.364. The highest BCUT2D eigenvalue weighted by Gasteiger charge is 2.56. The first kappa shape index (κ1) is 18.7. The van der Waals surface area contributed by atoms with Crippen molar-refractivity contribution in [1.82, 2.24) is 0 Å². The molecule has 2 heterocycles. The highest BCUT2D eigenvalue weighted by atomic mass is 35.5. The SMILES string of the molecule is Cc1cc(-c2cc(Cl)cc(Cl)c2)cc(C)c1C1C(=O)[C@@H]2CC[C@@](C)(O2)C1=O. The summed E-state index contributed by atoms with van der Waals surface area (Å²) in [6, 6.07) is 9.38. The Labute approximate surface area is 168 Å². The quantitative estimate of drug-likeness (QED) is 0.627. The summed E-state index contributed by atoms with van der Waals surface area (Å²) in [6.07, 6.45) is 0.757. The second-order valence-electron chi connectivity index (χ2n) is 7.76. The number of hydrogen-bond donors (Lipinski definition) is 0. The van der Waals surface area contributed by atoms with Crippen LogP contribution in [0.25, 0.3) is 11.1 Å². The second kappa shape index (κ2) is 6.44. The third-order valence-electron chi connectivity index (χ3n) is 5.75. The Kier molecular flexibility index (Phi) is 4.45. The van der Waals surface area contributed by atoms with Crippen molar-refractivity contribution in [2.45, 2.75) is 51.2 Å². The van der Waals surface area contributed by atoms with E-state index < -0.39 is 17.6 Å². The van der Waals surface area contributed by atoms with Crippen LogP contribution in [0.2, 0.25) is 10.0 Å². The van der Waals surface area contributed by atoms with Gasteiger partial charge >= 0.3 is 0 Å². The molecule has 2 aromatic carbocycles. The lowest BCUT2D eigenvalue weighted by molar-refractivity contribution is -0.160. The van der Waals surface area contributed by atoms with Crippen LogP contribution in [0.1, 0.15) is 42.4 Å². The minimum Gasteiger partial charge on any atom is -0.356 e. The summed E-state index contributed by atoms with van der Waals surface area (Å²) in [4.78, 5) is 26.0. The molecule has 5 heteroatoms. The summed E-state index contributed by atoms with van der Waals surface area (Å²) in [7, 11) is 0. The van der Waals surface area contributed by atoms with E-state index in [1.807, 2.05) is 45.0 Å². The van der Waals surface area contributed by atoms with Crippen molar-refractivity contribution in [3.63, 3.8) is 0 Å². The average molecular weight is 403 g/mol. The average Bonchev–Trinajstić information content (AvgIpc) is 2.96. The highest BCUT2D eigenvalue weighted by Crippen LogP contribution is 2.45. The predicted octanol–water partition coefficient (Wildman–Crippen LogP) is 5.45. The van der Waals surface area contributed by atoms with Gasteiger partial charge in [-0.3, -0.25) is 9.59 Å². The molecule has 2 fully saturated rings. The maximum atomic E-state index is 13.1. The van der Waals surface area contributed by atoms with Gasteiger partial charge in [-0.1, -0.05) is 35.3 Å². The number of Topliss-reactive ketones (excluding diaryl/α,β-unsaturated/α-hetero) is 2. The van der Waals surface area contributed by atoms with Crippen molar-refractivity contribution in [3.8, 4) is 11.1 Å². The van der Waals surface area contributed by atoms with E-state index in [0.29, 0.717) is 22.9 Å². The molecule has 2 bridgehead atoms. The summed E-state index contributed by atoms with van der Waals surface area (Å²) in [5.74, 6) is -0.973. The zero-order chi connectivity index (χ0) is 19.5. The van der Waals surface area contributed by atoms with Gasteiger partial charge in [0, 0.05) is 10.0 Å². The molecular weight excluding hydrogens is 383 g/mol. The fourth-order valence-electron chi connectivity index (χ4n) is 4.43. The molecule has 3 atom stereocenters. The molecule has 0 aliphatic carbocycles. The first-order valence-electron chi connectivity index (χ1n) is 9.03. The Hall–Kier alpha value is -1.68. The van der Waals surface area contributed by atoms with Crippen molar-refractivity contribution in [2.24, 2.45) is 0 Å². The maximum absolute atomic E-state index is 13.1. The van der Waals surface area contributed by atoms with Crippen LogP contribution >= 0.6 is 23.2 Å². The molecule has 27 heavy (non-hydrogen) atoms. The van der Waals surface area contributed by atoms with Crippen molar-refractivity contribution in [1.29, 1.82) is 0 Å². The largest absolute Gasteiger partial charge is 0.356 e. The number of hydrogen-bond acceptors (Lipinski definition) is 3. The van der Waals surface area contributed by atoms with Gasteiger partial charge in [-0.2, -0.15) is 0 Å². The minimum absolute atomic E-state index is 0.111. The van der Waals surface area contributed by atoms with Crippen LogP contribution in [-0.2, 0) is 14.3 Å². The first-order chi connectivity index (χ1) is 12.7. The third-order valence-corrected chi connectivity index (χ3v) is 6.19. The fourth-order valence-corrected chi connectivity index (χ4v) is 4.96. The van der Waals surface area contributed by atoms with Crippen molar-refractivity contribution in [3.05, 3.63) is 57.1 Å². The van der Waals surface area contributed by atoms with Gasteiger partial charge in [-0.25, -0.2) is 0 Å². The monoisotopic (exact) mass is 402 g/mol. The van der Waals surface area contributed by atoms with E-state index in [4.69, 9.17) is 27.9 Å². The van der Waals surface area contributed by atoms with E-state index in [0.717, 1.165) is 27.8 Å². The molecule has 3 nitrogen and oxygen atoms in total. The standard InChI is InChI=1S/C22H20Cl2O3/c1-11-6-13(14-8-15(23)10-16(24)9-14)7-12(2)18(11)19-20(25)17-4-5-22(3,27-17)21(19)26/h6-10,17,19H,4-5H2,1-3H3/t17-,19?,22+/m0/s1. The normalized spacial score (nSPS) is 27.3.